The molecule has 1 amide bonds. The van der Waals surface area contributed by atoms with Crippen molar-refractivity contribution >= 4 is 45.7 Å². The Kier molecular flexibility index (Phi) is 6.01. The van der Waals surface area contributed by atoms with Crippen molar-refractivity contribution in [3.05, 3.63) is 17.8 Å². The number of nitrogens with zero attached hydrogens (tertiary/aromatic N) is 3. The molecule has 0 bridgehead atoms. The predicted octanol–water partition coefficient (Wildman–Crippen LogP) is 2.18. The number of piperidine rings is 1. The number of amides is 1. The summed E-state index contributed by atoms with van der Waals surface area (Å²) in [6, 6.07) is 2.05. The third-order valence-corrected chi connectivity index (χ3v) is 5.13. The molecule has 3 N–H and O–H groups in total. The lowest BCUT2D eigenvalue weighted by Gasteiger charge is -2.35. The molecule has 0 aromatic carbocycles. The van der Waals surface area contributed by atoms with Gasteiger partial charge < -0.3 is 16.0 Å². The molecule has 0 spiro atoms. The summed E-state index contributed by atoms with van der Waals surface area (Å²) in [6.07, 6.45) is 3.49. The minimum Gasteiger partial charge on any atom is -0.355 e. The number of fused-ring (bicyclic) bond motifs is 1. The summed E-state index contributed by atoms with van der Waals surface area (Å²) in [7, 11) is 0. The maximum absolute atomic E-state index is 12.5. The summed E-state index contributed by atoms with van der Waals surface area (Å²) in [4.78, 5) is 24.5. The van der Waals surface area contributed by atoms with Crippen LogP contribution in [0.4, 0.5) is 5.82 Å². The smallest absolute Gasteiger partial charge is 0.225 e. The van der Waals surface area contributed by atoms with Crippen LogP contribution in [0.1, 0.15) is 26.7 Å². The molecule has 1 aliphatic rings. The Morgan fingerprint density at radius 2 is 2.29 bits per heavy atom. The molecule has 6 nitrogen and oxygen atoms in total. The van der Waals surface area contributed by atoms with Crippen LogP contribution in [-0.4, -0.2) is 41.0 Å². The fourth-order valence-electron chi connectivity index (χ4n) is 2.90. The van der Waals surface area contributed by atoms with Crippen LogP contribution >= 0.6 is 23.7 Å². The van der Waals surface area contributed by atoms with Gasteiger partial charge in [-0.2, -0.15) is 0 Å². The van der Waals surface area contributed by atoms with Crippen molar-refractivity contribution in [1.29, 1.82) is 0 Å². The van der Waals surface area contributed by atoms with Crippen LogP contribution in [0.2, 0.25) is 0 Å². The molecule has 2 aromatic rings. The van der Waals surface area contributed by atoms with Gasteiger partial charge in [0, 0.05) is 25.2 Å². The van der Waals surface area contributed by atoms with E-state index in [2.05, 4.69) is 26.3 Å². The second-order valence-electron chi connectivity index (χ2n) is 6.70. The highest BCUT2D eigenvalue weighted by atomic mass is 35.5. The Bertz CT molecular complexity index is 705. The van der Waals surface area contributed by atoms with E-state index in [0.29, 0.717) is 13.1 Å². The Labute approximate surface area is 152 Å². The first-order valence-electron chi connectivity index (χ1n) is 7.95. The van der Waals surface area contributed by atoms with E-state index in [9.17, 15) is 4.79 Å². The van der Waals surface area contributed by atoms with Crippen LogP contribution in [0, 0.1) is 5.92 Å². The third-order valence-electron chi connectivity index (χ3n) is 4.30. The summed E-state index contributed by atoms with van der Waals surface area (Å²) < 4.78 is 0. The highest BCUT2D eigenvalue weighted by Gasteiger charge is 2.30. The zero-order valence-electron chi connectivity index (χ0n) is 14.0. The SMILES string of the molecule is CC(C)(CN)NC(=O)C1CCCN(c2ncnc3sccc23)C1.Cl. The number of rotatable bonds is 4. The van der Waals surface area contributed by atoms with E-state index in [0.717, 1.165) is 35.4 Å². The monoisotopic (exact) mass is 369 g/mol. The van der Waals surface area contributed by atoms with Crippen molar-refractivity contribution < 1.29 is 4.79 Å². The number of carbonyl (C=O) groups excluding carboxylic acids is 1. The number of hydrogen-bond donors (Lipinski definition) is 2. The number of nitrogens with one attached hydrogen (secondary N) is 1. The Balaban J connectivity index is 0.00000208. The van der Waals surface area contributed by atoms with Crippen LogP contribution in [0.25, 0.3) is 10.2 Å². The fourth-order valence-corrected chi connectivity index (χ4v) is 3.63. The molecular formula is C16H24ClN5OS. The number of anilines is 1. The van der Waals surface area contributed by atoms with Gasteiger partial charge in [-0.05, 0) is 38.1 Å². The molecule has 132 valence electrons. The van der Waals surface area contributed by atoms with E-state index in [1.165, 1.54) is 0 Å². The second-order valence-corrected chi connectivity index (χ2v) is 7.59. The molecule has 1 aliphatic heterocycles. The van der Waals surface area contributed by atoms with Gasteiger partial charge in [0.15, 0.2) is 0 Å². The number of hydrogen-bond acceptors (Lipinski definition) is 6. The molecule has 8 heteroatoms. The van der Waals surface area contributed by atoms with Gasteiger partial charge in [0.25, 0.3) is 0 Å². The summed E-state index contributed by atoms with van der Waals surface area (Å²) in [5.74, 6) is 0.992. The quantitative estimate of drug-likeness (QED) is 0.862. The largest absolute Gasteiger partial charge is 0.355 e. The number of aromatic nitrogens is 2. The van der Waals surface area contributed by atoms with E-state index < -0.39 is 0 Å². The van der Waals surface area contributed by atoms with Gasteiger partial charge in [0.05, 0.1) is 11.3 Å². The zero-order chi connectivity index (χ0) is 16.4. The van der Waals surface area contributed by atoms with Crippen LogP contribution in [0.5, 0.6) is 0 Å². The van der Waals surface area contributed by atoms with E-state index in [4.69, 9.17) is 5.73 Å². The van der Waals surface area contributed by atoms with E-state index in [1.807, 2.05) is 19.2 Å². The molecule has 1 fully saturated rings. The lowest BCUT2D eigenvalue weighted by molar-refractivity contribution is -0.126. The lowest BCUT2D eigenvalue weighted by Crippen LogP contribution is -2.53. The molecule has 0 saturated carbocycles. The van der Waals surface area contributed by atoms with Crippen molar-refractivity contribution in [2.45, 2.75) is 32.2 Å². The normalized spacial score (nSPS) is 18.3. The predicted molar refractivity (Wildman–Crippen MR) is 101 cm³/mol. The molecule has 1 saturated heterocycles. The van der Waals surface area contributed by atoms with Gasteiger partial charge in [0.2, 0.25) is 5.91 Å². The topological polar surface area (TPSA) is 84.1 Å². The molecule has 24 heavy (non-hydrogen) atoms. The molecule has 3 rings (SSSR count). The maximum atomic E-state index is 12.5. The maximum Gasteiger partial charge on any atom is 0.225 e. The van der Waals surface area contributed by atoms with Crippen molar-refractivity contribution in [2.75, 3.05) is 24.5 Å². The first-order chi connectivity index (χ1) is 11.0. The standard InChI is InChI=1S/C16H23N5OS.ClH/c1-16(2,9-17)20-14(22)11-4-3-6-21(8-11)13-12-5-7-23-15(12)19-10-18-13;/h5,7,10-11H,3-4,6,8-9,17H2,1-2H3,(H,20,22);1H. The minimum atomic E-state index is -0.366. The van der Waals surface area contributed by atoms with Crippen LogP contribution in [0.3, 0.4) is 0 Å². The average Bonchev–Trinajstić information content (AvgIpc) is 3.03. The van der Waals surface area contributed by atoms with Gasteiger partial charge in [-0.15, -0.1) is 23.7 Å². The Morgan fingerprint density at radius 1 is 1.50 bits per heavy atom. The van der Waals surface area contributed by atoms with E-state index in [-0.39, 0.29) is 29.8 Å². The molecular weight excluding hydrogens is 346 g/mol. The van der Waals surface area contributed by atoms with Gasteiger partial charge in [-0.25, -0.2) is 9.97 Å². The molecule has 1 atom stereocenters. The number of nitrogens with two attached hydrogens (primary N) is 1. The first kappa shape index (κ1) is 18.9. The van der Waals surface area contributed by atoms with Crippen molar-refractivity contribution in [1.82, 2.24) is 15.3 Å². The molecule has 3 heterocycles. The Morgan fingerprint density at radius 3 is 3.04 bits per heavy atom. The molecule has 1 unspecified atom stereocenters. The summed E-state index contributed by atoms with van der Waals surface area (Å²) in [6.45, 7) is 5.94. The highest BCUT2D eigenvalue weighted by molar-refractivity contribution is 7.16. The van der Waals surface area contributed by atoms with Crippen molar-refractivity contribution in [3.63, 3.8) is 0 Å². The summed E-state index contributed by atoms with van der Waals surface area (Å²) in [5, 5.41) is 6.16. The van der Waals surface area contributed by atoms with Gasteiger partial charge in [-0.1, -0.05) is 0 Å². The van der Waals surface area contributed by atoms with Gasteiger partial charge >= 0.3 is 0 Å². The fraction of sp³-hybridized carbons (Fsp3) is 0.562. The third kappa shape index (κ3) is 3.96. The van der Waals surface area contributed by atoms with E-state index >= 15 is 0 Å². The second kappa shape index (κ2) is 7.63. The van der Waals surface area contributed by atoms with Gasteiger partial charge in [-0.3, -0.25) is 4.79 Å². The molecule has 2 aromatic heterocycles. The molecule has 0 aliphatic carbocycles. The summed E-state index contributed by atoms with van der Waals surface area (Å²) in [5.41, 5.74) is 5.35. The van der Waals surface area contributed by atoms with Crippen molar-refractivity contribution in [3.8, 4) is 0 Å². The van der Waals surface area contributed by atoms with Gasteiger partial charge in [0.1, 0.15) is 17.0 Å². The number of halogens is 1. The highest BCUT2D eigenvalue weighted by Crippen LogP contribution is 2.30. The van der Waals surface area contributed by atoms with E-state index in [1.54, 1.807) is 17.7 Å². The molecule has 0 radical (unpaired) electrons. The van der Waals surface area contributed by atoms with Crippen LogP contribution in [-0.2, 0) is 4.79 Å². The zero-order valence-corrected chi connectivity index (χ0v) is 15.6. The van der Waals surface area contributed by atoms with Crippen LogP contribution in [0.15, 0.2) is 17.8 Å². The minimum absolute atomic E-state index is 0. The van der Waals surface area contributed by atoms with Crippen molar-refractivity contribution in [2.24, 2.45) is 11.7 Å². The number of thiophene rings is 1. The number of carbonyl (C=O) groups is 1. The lowest BCUT2D eigenvalue weighted by atomic mass is 9.95. The van der Waals surface area contributed by atoms with Crippen LogP contribution < -0.4 is 16.0 Å². The summed E-state index contributed by atoms with van der Waals surface area (Å²) >= 11 is 1.61. The average molecular weight is 370 g/mol. The first-order valence-corrected chi connectivity index (χ1v) is 8.83. The Hall–Kier alpha value is -1.44.